The summed E-state index contributed by atoms with van der Waals surface area (Å²) in [6.45, 7) is 0. The van der Waals surface area contributed by atoms with Gasteiger partial charge in [0.15, 0.2) is 0 Å². The van der Waals surface area contributed by atoms with Gasteiger partial charge in [-0.25, -0.2) is 0 Å². The predicted molar refractivity (Wildman–Crippen MR) is 39.9 cm³/mol. The number of hydrogen-bond acceptors (Lipinski definition) is 2. The molecule has 2 nitrogen and oxygen atoms in total. The van der Waals surface area contributed by atoms with Crippen LogP contribution in [0.25, 0.3) is 0 Å². The lowest BCUT2D eigenvalue weighted by Crippen LogP contribution is -2.07. The third kappa shape index (κ3) is 2.59. The summed E-state index contributed by atoms with van der Waals surface area (Å²) in [6, 6.07) is 0. The summed E-state index contributed by atoms with van der Waals surface area (Å²) in [5.41, 5.74) is 0. The summed E-state index contributed by atoms with van der Waals surface area (Å²) in [5, 5.41) is 2.01. The highest BCUT2D eigenvalue weighted by atomic mass is 35.7. The van der Waals surface area contributed by atoms with E-state index in [1.165, 1.54) is 0 Å². The van der Waals surface area contributed by atoms with Crippen LogP contribution in [0.3, 0.4) is 0 Å². The van der Waals surface area contributed by atoms with Crippen molar-refractivity contribution in [3.8, 4) is 11.2 Å². The normalized spacial score (nSPS) is 18.9. The summed E-state index contributed by atoms with van der Waals surface area (Å²) in [7, 11) is 1.27. The maximum atomic E-state index is 10.3. The summed E-state index contributed by atoms with van der Waals surface area (Å²) in [5.74, 6) is 2.86. The van der Waals surface area contributed by atoms with Gasteiger partial charge < -0.3 is 0 Å². The molecule has 0 aromatic heterocycles. The van der Waals surface area contributed by atoms with Gasteiger partial charge in [0.2, 0.25) is 0 Å². The molecule has 0 N–H and O–H groups in total. The Morgan fingerprint density at radius 1 is 1.40 bits per heavy atom. The standard InChI is InChI=1S/C6H7ClO2S/c7-10(8,9)5-4-6-2-1-3-6/h6H,1-3H2. The van der Waals surface area contributed by atoms with Crippen LogP contribution in [0.4, 0.5) is 0 Å². The average molecular weight is 179 g/mol. The highest BCUT2D eigenvalue weighted by molar-refractivity contribution is 8.17. The zero-order valence-corrected chi connectivity index (χ0v) is 6.87. The van der Waals surface area contributed by atoms with E-state index in [1.54, 1.807) is 0 Å². The molecule has 0 amide bonds. The van der Waals surface area contributed by atoms with Crippen LogP contribution >= 0.6 is 10.7 Å². The highest BCUT2D eigenvalue weighted by Crippen LogP contribution is 2.25. The third-order valence-electron chi connectivity index (χ3n) is 1.49. The molecule has 0 bridgehead atoms. The molecule has 0 radical (unpaired) electrons. The van der Waals surface area contributed by atoms with Crippen molar-refractivity contribution in [2.24, 2.45) is 5.92 Å². The van der Waals surface area contributed by atoms with E-state index < -0.39 is 9.05 Å². The Hall–Kier alpha value is -0.200. The van der Waals surface area contributed by atoms with Crippen molar-refractivity contribution in [2.45, 2.75) is 19.3 Å². The van der Waals surface area contributed by atoms with Crippen LogP contribution in [0.5, 0.6) is 0 Å². The first kappa shape index (κ1) is 7.90. The fourth-order valence-corrected chi connectivity index (χ4v) is 1.15. The molecule has 0 aromatic rings. The van der Waals surface area contributed by atoms with Gasteiger partial charge >= 0.3 is 9.05 Å². The highest BCUT2D eigenvalue weighted by Gasteiger charge is 2.14. The molecule has 10 heavy (non-hydrogen) atoms. The van der Waals surface area contributed by atoms with Crippen molar-refractivity contribution >= 4 is 19.7 Å². The number of halogens is 1. The van der Waals surface area contributed by atoms with Crippen LogP contribution in [0.15, 0.2) is 0 Å². The van der Waals surface area contributed by atoms with Gasteiger partial charge in [-0.2, -0.15) is 8.42 Å². The summed E-state index contributed by atoms with van der Waals surface area (Å²) < 4.78 is 20.5. The molecule has 0 aliphatic heterocycles. The molecule has 1 fully saturated rings. The second kappa shape index (κ2) is 2.81. The topological polar surface area (TPSA) is 34.1 Å². The first-order valence-electron chi connectivity index (χ1n) is 3.05. The van der Waals surface area contributed by atoms with Crippen LogP contribution in [0, 0.1) is 17.1 Å². The van der Waals surface area contributed by atoms with E-state index in [4.69, 9.17) is 10.7 Å². The van der Waals surface area contributed by atoms with Gasteiger partial charge in [0, 0.05) is 21.9 Å². The van der Waals surface area contributed by atoms with E-state index in [0.29, 0.717) is 0 Å². The Balaban J connectivity index is 2.53. The zero-order valence-electron chi connectivity index (χ0n) is 5.30. The lowest BCUT2D eigenvalue weighted by molar-refractivity contribution is 0.402. The molecule has 0 saturated heterocycles. The van der Waals surface area contributed by atoms with Gasteiger partial charge in [0.25, 0.3) is 0 Å². The SMILES string of the molecule is O=S(=O)(Cl)C#CC1CCC1. The molecule has 0 atom stereocenters. The fraction of sp³-hybridized carbons (Fsp3) is 0.667. The molecular weight excluding hydrogens is 172 g/mol. The predicted octanol–water partition coefficient (Wildman–Crippen LogP) is 1.32. The Morgan fingerprint density at radius 3 is 2.30 bits per heavy atom. The van der Waals surface area contributed by atoms with E-state index in [1.807, 2.05) is 5.25 Å². The molecular formula is C6H7ClO2S. The van der Waals surface area contributed by atoms with Gasteiger partial charge in [-0.3, -0.25) is 0 Å². The maximum Gasteiger partial charge on any atom is 0.300 e. The Morgan fingerprint density at radius 2 is 2.00 bits per heavy atom. The summed E-state index contributed by atoms with van der Waals surface area (Å²) in [4.78, 5) is 0. The summed E-state index contributed by atoms with van der Waals surface area (Å²) >= 11 is 0. The zero-order chi connectivity index (χ0) is 7.61. The average Bonchev–Trinajstić information content (AvgIpc) is 1.56. The molecule has 1 aliphatic rings. The van der Waals surface area contributed by atoms with Crippen molar-refractivity contribution in [3.63, 3.8) is 0 Å². The van der Waals surface area contributed by atoms with Crippen molar-refractivity contribution in [1.82, 2.24) is 0 Å². The Bertz CT molecular complexity index is 266. The van der Waals surface area contributed by atoms with Gasteiger partial charge in [-0.1, -0.05) is 12.3 Å². The smallest absolute Gasteiger partial charge is 0.198 e. The lowest BCUT2D eigenvalue weighted by Gasteiger charge is -2.18. The van der Waals surface area contributed by atoms with Crippen LogP contribution in [0.2, 0.25) is 0 Å². The fourth-order valence-electron chi connectivity index (χ4n) is 0.706. The van der Waals surface area contributed by atoms with Crippen LogP contribution in [-0.2, 0) is 9.05 Å². The van der Waals surface area contributed by atoms with Crippen molar-refractivity contribution in [2.75, 3.05) is 0 Å². The minimum atomic E-state index is -3.58. The van der Waals surface area contributed by atoms with Gasteiger partial charge in [0.05, 0.1) is 0 Å². The maximum absolute atomic E-state index is 10.3. The van der Waals surface area contributed by atoms with E-state index in [0.717, 1.165) is 19.3 Å². The van der Waals surface area contributed by atoms with Crippen LogP contribution in [0.1, 0.15) is 19.3 Å². The lowest BCUT2D eigenvalue weighted by atomic mass is 9.86. The molecule has 0 aromatic carbocycles. The third-order valence-corrected chi connectivity index (χ3v) is 2.08. The van der Waals surface area contributed by atoms with E-state index in [2.05, 4.69) is 5.92 Å². The molecule has 1 rings (SSSR count). The second-order valence-electron chi connectivity index (χ2n) is 2.31. The molecule has 1 saturated carbocycles. The van der Waals surface area contributed by atoms with E-state index in [9.17, 15) is 8.42 Å². The Kier molecular flexibility index (Phi) is 2.22. The monoisotopic (exact) mass is 178 g/mol. The van der Waals surface area contributed by atoms with Crippen molar-refractivity contribution < 1.29 is 8.42 Å². The summed E-state index contributed by atoms with van der Waals surface area (Å²) in [6.07, 6.45) is 3.18. The van der Waals surface area contributed by atoms with Crippen molar-refractivity contribution in [1.29, 1.82) is 0 Å². The van der Waals surface area contributed by atoms with Gasteiger partial charge in [-0.05, 0) is 12.8 Å². The van der Waals surface area contributed by atoms with E-state index in [-0.39, 0.29) is 5.92 Å². The quantitative estimate of drug-likeness (QED) is 0.414. The second-order valence-corrected chi connectivity index (χ2v) is 4.61. The molecule has 0 spiro atoms. The Labute approximate surface area is 65.0 Å². The molecule has 1 aliphatic carbocycles. The first-order chi connectivity index (χ1) is 4.58. The van der Waals surface area contributed by atoms with Gasteiger partial charge in [0.1, 0.15) is 0 Å². The minimum absolute atomic E-state index is 0.272. The molecule has 4 heteroatoms. The number of hydrogen-bond donors (Lipinski definition) is 0. The number of rotatable bonds is 0. The molecule has 0 unspecified atom stereocenters. The largest absolute Gasteiger partial charge is 0.300 e. The minimum Gasteiger partial charge on any atom is -0.198 e. The first-order valence-corrected chi connectivity index (χ1v) is 5.36. The van der Waals surface area contributed by atoms with E-state index >= 15 is 0 Å². The molecule has 56 valence electrons. The molecule has 0 heterocycles. The van der Waals surface area contributed by atoms with Crippen LogP contribution < -0.4 is 0 Å². The van der Waals surface area contributed by atoms with Gasteiger partial charge in [-0.15, -0.1) is 0 Å². The van der Waals surface area contributed by atoms with Crippen LogP contribution in [-0.4, -0.2) is 8.42 Å². The van der Waals surface area contributed by atoms with Crippen molar-refractivity contribution in [3.05, 3.63) is 0 Å².